The number of halogens is 2. The number of hydrogen-bond acceptors (Lipinski definition) is 6. The fraction of sp³-hybridized carbons (Fsp3) is 0.294. The molecule has 3 rings (SSSR count). The molecule has 0 aromatic heterocycles. The van der Waals surface area contributed by atoms with Crippen LogP contribution in [0.4, 0.5) is 14.5 Å². The molecule has 158 valence electrons. The third-order valence-electron chi connectivity index (χ3n) is 4.50. The molecule has 0 atom stereocenters. The lowest BCUT2D eigenvalue weighted by molar-refractivity contribution is 0.271. The Balaban J connectivity index is 1.82. The summed E-state index contributed by atoms with van der Waals surface area (Å²) in [5, 5.41) is 0. The molecule has 2 aromatic carbocycles. The van der Waals surface area contributed by atoms with Gasteiger partial charge >= 0.3 is 0 Å². The molecule has 2 N–H and O–H groups in total. The highest BCUT2D eigenvalue weighted by Gasteiger charge is 2.36. The molecule has 1 aliphatic rings. The van der Waals surface area contributed by atoms with Gasteiger partial charge in [0.15, 0.2) is 4.90 Å². The maximum Gasteiger partial charge on any atom is 0.249 e. The average Bonchev–Trinajstić information content (AvgIpc) is 2.67. The van der Waals surface area contributed by atoms with Crippen molar-refractivity contribution in [2.24, 2.45) is 0 Å². The molecule has 29 heavy (non-hydrogen) atoms. The van der Waals surface area contributed by atoms with Gasteiger partial charge in [0.1, 0.15) is 17.4 Å². The summed E-state index contributed by atoms with van der Waals surface area (Å²) in [5.74, 6) is -2.72. The number of methoxy groups -OCH3 is 1. The lowest BCUT2D eigenvalue weighted by atomic mass is 10.3. The molecule has 2 aromatic rings. The van der Waals surface area contributed by atoms with E-state index in [2.05, 4.69) is 0 Å². The number of nitrogens with two attached hydrogens (primary N) is 1. The van der Waals surface area contributed by atoms with Gasteiger partial charge in [0.05, 0.1) is 12.0 Å². The van der Waals surface area contributed by atoms with E-state index in [4.69, 9.17) is 10.5 Å². The highest BCUT2D eigenvalue weighted by Crippen LogP contribution is 2.28. The third kappa shape index (κ3) is 4.06. The van der Waals surface area contributed by atoms with Crippen molar-refractivity contribution in [1.29, 1.82) is 0 Å². The predicted molar refractivity (Wildman–Crippen MR) is 101 cm³/mol. The van der Waals surface area contributed by atoms with Crippen LogP contribution in [0, 0.1) is 11.6 Å². The van der Waals surface area contributed by atoms with E-state index >= 15 is 0 Å². The predicted octanol–water partition coefficient (Wildman–Crippen LogP) is 1.25. The van der Waals surface area contributed by atoms with Crippen LogP contribution in [0.15, 0.2) is 46.2 Å². The number of ether oxygens (including phenoxy) is 1. The highest BCUT2D eigenvalue weighted by atomic mass is 32.2. The summed E-state index contributed by atoms with van der Waals surface area (Å²) in [7, 11) is -7.18. The molecule has 0 bridgehead atoms. The minimum atomic E-state index is -4.50. The first-order valence-electron chi connectivity index (χ1n) is 8.46. The van der Waals surface area contributed by atoms with Gasteiger partial charge in [-0.05, 0) is 18.2 Å². The van der Waals surface area contributed by atoms with Crippen LogP contribution in [0.3, 0.4) is 0 Å². The number of anilines is 1. The van der Waals surface area contributed by atoms with Crippen LogP contribution < -0.4 is 10.5 Å². The first-order chi connectivity index (χ1) is 13.6. The summed E-state index contributed by atoms with van der Waals surface area (Å²) in [4.78, 5) is -1.11. The Kier molecular flexibility index (Phi) is 5.81. The van der Waals surface area contributed by atoms with E-state index in [1.807, 2.05) is 0 Å². The maximum absolute atomic E-state index is 14.2. The van der Waals surface area contributed by atoms with Gasteiger partial charge in [-0.3, -0.25) is 0 Å². The van der Waals surface area contributed by atoms with Crippen molar-refractivity contribution in [3.05, 3.63) is 48.0 Å². The second kappa shape index (κ2) is 7.86. The quantitative estimate of drug-likeness (QED) is 0.691. The molecule has 1 heterocycles. The second-order valence-electron chi connectivity index (χ2n) is 6.30. The Hall–Kier alpha value is -2.28. The molecule has 0 radical (unpaired) electrons. The van der Waals surface area contributed by atoms with Gasteiger partial charge < -0.3 is 10.5 Å². The van der Waals surface area contributed by atoms with Gasteiger partial charge in [0, 0.05) is 44.0 Å². The Morgan fingerprint density at radius 3 is 1.90 bits per heavy atom. The van der Waals surface area contributed by atoms with Crippen molar-refractivity contribution in [1.82, 2.24) is 8.61 Å². The van der Waals surface area contributed by atoms with Gasteiger partial charge in [0.25, 0.3) is 0 Å². The zero-order valence-electron chi connectivity index (χ0n) is 15.4. The van der Waals surface area contributed by atoms with E-state index in [1.165, 1.54) is 25.3 Å². The van der Waals surface area contributed by atoms with Crippen LogP contribution in [0.2, 0.25) is 0 Å². The van der Waals surface area contributed by atoms with E-state index in [9.17, 15) is 25.6 Å². The van der Waals surface area contributed by atoms with Gasteiger partial charge in [0.2, 0.25) is 20.0 Å². The first-order valence-corrected chi connectivity index (χ1v) is 11.3. The van der Waals surface area contributed by atoms with E-state index < -0.39 is 36.6 Å². The Morgan fingerprint density at radius 2 is 1.41 bits per heavy atom. The van der Waals surface area contributed by atoms with Gasteiger partial charge in [-0.2, -0.15) is 8.61 Å². The fourth-order valence-electron chi connectivity index (χ4n) is 3.00. The Morgan fingerprint density at radius 1 is 0.897 bits per heavy atom. The number of nitrogens with zero attached hydrogens (tertiary/aromatic N) is 2. The van der Waals surface area contributed by atoms with Crippen molar-refractivity contribution >= 4 is 25.7 Å². The van der Waals surface area contributed by atoms with Gasteiger partial charge in [-0.1, -0.05) is 6.07 Å². The SMILES string of the molecule is COc1cc(F)c(S(=O)(=O)N2CCN(S(=O)(=O)c3cccc(N)c3)CC2)c(F)c1. The summed E-state index contributed by atoms with van der Waals surface area (Å²) in [5.41, 5.74) is 5.90. The highest BCUT2D eigenvalue weighted by molar-refractivity contribution is 7.89. The van der Waals surface area contributed by atoms with Crippen molar-refractivity contribution in [2.75, 3.05) is 39.0 Å². The molecule has 12 heteroatoms. The second-order valence-corrected chi connectivity index (χ2v) is 10.1. The largest absolute Gasteiger partial charge is 0.497 e. The zero-order valence-corrected chi connectivity index (χ0v) is 17.0. The molecular weight excluding hydrogens is 428 g/mol. The molecular formula is C17H19F2N3O5S2. The van der Waals surface area contributed by atoms with E-state index in [-0.39, 0.29) is 42.5 Å². The number of nitrogen functional groups attached to an aromatic ring is 1. The first kappa shape index (κ1) is 21.4. The molecule has 0 amide bonds. The molecule has 0 saturated carbocycles. The molecule has 0 spiro atoms. The van der Waals surface area contributed by atoms with Crippen LogP contribution in [-0.4, -0.2) is 58.7 Å². The van der Waals surface area contributed by atoms with Crippen LogP contribution in [-0.2, 0) is 20.0 Å². The number of benzene rings is 2. The van der Waals surface area contributed by atoms with Gasteiger partial charge in [-0.25, -0.2) is 25.6 Å². The van der Waals surface area contributed by atoms with Crippen LogP contribution in [0.1, 0.15) is 0 Å². The zero-order chi connectivity index (χ0) is 21.4. The third-order valence-corrected chi connectivity index (χ3v) is 8.34. The maximum atomic E-state index is 14.2. The fourth-order valence-corrected chi connectivity index (χ4v) is 6.00. The van der Waals surface area contributed by atoms with Crippen molar-refractivity contribution in [3.8, 4) is 5.75 Å². The van der Waals surface area contributed by atoms with Crippen molar-refractivity contribution in [3.63, 3.8) is 0 Å². The van der Waals surface area contributed by atoms with E-state index in [1.54, 1.807) is 6.07 Å². The average molecular weight is 447 g/mol. The topological polar surface area (TPSA) is 110 Å². The summed E-state index contributed by atoms with van der Waals surface area (Å²) >= 11 is 0. The normalized spacial score (nSPS) is 16.7. The number of piperazine rings is 1. The lowest BCUT2D eigenvalue weighted by Gasteiger charge is -2.33. The smallest absolute Gasteiger partial charge is 0.249 e. The molecule has 1 fully saturated rings. The summed E-state index contributed by atoms with van der Waals surface area (Å²) in [6.07, 6.45) is 0. The Labute approximate surface area is 167 Å². The minimum absolute atomic E-state index is 0.0129. The summed E-state index contributed by atoms with van der Waals surface area (Å²) in [6.45, 7) is -0.852. The number of hydrogen-bond donors (Lipinski definition) is 1. The Bertz CT molecular complexity index is 1110. The standard InChI is InChI=1S/C17H19F2N3O5S2/c1-27-13-10-15(18)17(16(19)11-13)29(25,26)22-7-5-21(6-8-22)28(23,24)14-4-2-3-12(20)9-14/h2-4,9-11H,5-8,20H2,1H3. The molecule has 0 unspecified atom stereocenters. The van der Waals surface area contributed by atoms with Crippen molar-refractivity contribution in [2.45, 2.75) is 9.79 Å². The lowest BCUT2D eigenvalue weighted by Crippen LogP contribution is -2.50. The summed E-state index contributed by atoms with van der Waals surface area (Å²) < 4.78 is 86.0. The van der Waals surface area contributed by atoms with Crippen LogP contribution >= 0.6 is 0 Å². The van der Waals surface area contributed by atoms with Gasteiger partial charge in [-0.15, -0.1) is 0 Å². The minimum Gasteiger partial charge on any atom is -0.497 e. The number of rotatable bonds is 5. The van der Waals surface area contributed by atoms with E-state index in [0.29, 0.717) is 0 Å². The summed E-state index contributed by atoms with van der Waals surface area (Å²) in [6, 6.07) is 7.28. The molecule has 0 aliphatic carbocycles. The van der Waals surface area contributed by atoms with Crippen molar-refractivity contribution < 1.29 is 30.4 Å². The number of sulfonamides is 2. The molecule has 1 aliphatic heterocycles. The van der Waals surface area contributed by atoms with E-state index in [0.717, 1.165) is 20.7 Å². The molecule has 8 nitrogen and oxygen atoms in total. The van der Waals surface area contributed by atoms with Crippen LogP contribution in [0.5, 0.6) is 5.75 Å². The molecule has 1 saturated heterocycles. The van der Waals surface area contributed by atoms with Crippen LogP contribution in [0.25, 0.3) is 0 Å². The monoisotopic (exact) mass is 447 g/mol.